The second-order valence-corrected chi connectivity index (χ2v) is 5.99. The van der Waals surface area contributed by atoms with Gasteiger partial charge in [0.2, 0.25) is 0 Å². The van der Waals surface area contributed by atoms with Crippen LogP contribution in [0, 0.1) is 19.3 Å². The molecule has 3 nitrogen and oxygen atoms in total. The quantitative estimate of drug-likeness (QED) is 0.840. The summed E-state index contributed by atoms with van der Waals surface area (Å²) in [4.78, 5) is 12.2. The molecule has 3 N–H and O–H groups in total. The lowest BCUT2D eigenvalue weighted by Gasteiger charge is -2.50. The predicted octanol–water partition coefficient (Wildman–Crippen LogP) is 2.16. The average Bonchev–Trinajstić information content (AvgIpc) is 2.32. The third-order valence-electron chi connectivity index (χ3n) is 4.42. The fourth-order valence-corrected chi connectivity index (χ4v) is 2.33. The first kappa shape index (κ1) is 13.1. The van der Waals surface area contributed by atoms with Crippen LogP contribution in [0.1, 0.15) is 41.8 Å². The molecule has 3 heteroatoms. The van der Waals surface area contributed by atoms with E-state index in [4.69, 9.17) is 5.73 Å². The first-order chi connectivity index (χ1) is 8.32. The minimum Gasteiger partial charge on any atom is -0.349 e. The van der Waals surface area contributed by atoms with Crippen LogP contribution < -0.4 is 11.1 Å². The minimum atomic E-state index is -0.00456. The molecule has 0 saturated heterocycles. The number of amides is 1. The number of aryl methyl sites for hydroxylation is 2. The van der Waals surface area contributed by atoms with Crippen molar-refractivity contribution in [2.45, 2.75) is 46.2 Å². The number of rotatable bonds is 2. The molecule has 1 aromatic rings. The number of carbonyl (C=O) groups is 1. The van der Waals surface area contributed by atoms with E-state index in [-0.39, 0.29) is 23.4 Å². The largest absolute Gasteiger partial charge is 0.349 e. The summed E-state index contributed by atoms with van der Waals surface area (Å²) in [5.74, 6) is 0.00285. The molecule has 0 aromatic heterocycles. The monoisotopic (exact) mass is 246 g/mol. The van der Waals surface area contributed by atoms with E-state index < -0.39 is 0 Å². The Morgan fingerprint density at radius 1 is 1.33 bits per heavy atom. The first-order valence-electron chi connectivity index (χ1n) is 6.46. The highest BCUT2D eigenvalue weighted by atomic mass is 16.1. The van der Waals surface area contributed by atoms with E-state index >= 15 is 0 Å². The number of hydrogen-bond acceptors (Lipinski definition) is 2. The van der Waals surface area contributed by atoms with E-state index in [1.54, 1.807) is 0 Å². The lowest BCUT2D eigenvalue weighted by molar-refractivity contribution is 0.0586. The van der Waals surface area contributed by atoms with E-state index in [0.717, 1.165) is 17.5 Å². The van der Waals surface area contributed by atoms with E-state index in [9.17, 15) is 4.79 Å². The van der Waals surface area contributed by atoms with Crippen LogP contribution >= 0.6 is 0 Å². The minimum absolute atomic E-state index is 0.00285. The van der Waals surface area contributed by atoms with Crippen LogP contribution in [0.3, 0.4) is 0 Å². The van der Waals surface area contributed by atoms with Crippen molar-refractivity contribution in [1.29, 1.82) is 0 Å². The highest BCUT2D eigenvalue weighted by Crippen LogP contribution is 2.39. The van der Waals surface area contributed by atoms with E-state index in [2.05, 4.69) is 19.2 Å². The molecule has 0 radical (unpaired) electrons. The van der Waals surface area contributed by atoms with Gasteiger partial charge in [0.25, 0.3) is 5.91 Å². The summed E-state index contributed by atoms with van der Waals surface area (Å²) in [6.07, 6.45) is 0.865. The standard InChI is InChI=1S/C15H22N2O/c1-9-5-6-11(7-10(9)2)14(18)17-13-8-12(16)15(13,3)4/h5-7,12-13H,8,16H2,1-4H3,(H,17,18). The van der Waals surface area contributed by atoms with Gasteiger partial charge in [0.15, 0.2) is 0 Å². The van der Waals surface area contributed by atoms with Gasteiger partial charge in [-0.2, -0.15) is 0 Å². The van der Waals surface area contributed by atoms with Crippen LogP contribution in [0.15, 0.2) is 18.2 Å². The van der Waals surface area contributed by atoms with Crippen molar-refractivity contribution in [3.8, 4) is 0 Å². The number of benzene rings is 1. The fourth-order valence-electron chi connectivity index (χ4n) is 2.33. The molecule has 0 spiro atoms. The van der Waals surface area contributed by atoms with Crippen LogP contribution in [0.5, 0.6) is 0 Å². The second kappa shape index (κ2) is 4.39. The van der Waals surface area contributed by atoms with Gasteiger partial charge in [-0.05, 0) is 43.5 Å². The molecular weight excluding hydrogens is 224 g/mol. The smallest absolute Gasteiger partial charge is 0.251 e. The summed E-state index contributed by atoms with van der Waals surface area (Å²) in [5, 5.41) is 3.08. The molecule has 2 unspecified atom stereocenters. The average molecular weight is 246 g/mol. The number of carbonyl (C=O) groups excluding carboxylic acids is 1. The van der Waals surface area contributed by atoms with Crippen molar-refractivity contribution < 1.29 is 4.79 Å². The molecule has 1 aromatic carbocycles. The van der Waals surface area contributed by atoms with E-state index in [1.807, 2.05) is 32.0 Å². The molecule has 1 aliphatic rings. The topological polar surface area (TPSA) is 55.1 Å². The zero-order valence-corrected chi connectivity index (χ0v) is 11.6. The molecule has 0 bridgehead atoms. The maximum absolute atomic E-state index is 12.2. The molecular formula is C15H22N2O. The van der Waals surface area contributed by atoms with Crippen molar-refractivity contribution in [2.75, 3.05) is 0 Å². The Morgan fingerprint density at radius 3 is 2.50 bits per heavy atom. The van der Waals surface area contributed by atoms with Crippen LogP contribution in [0.2, 0.25) is 0 Å². The fraction of sp³-hybridized carbons (Fsp3) is 0.533. The molecule has 1 fully saturated rings. The Morgan fingerprint density at radius 2 is 2.00 bits per heavy atom. The number of nitrogens with two attached hydrogens (primary N) is 1. The number of hydrogen-bond donors (Lipinski definition) is 2. The maximum atomic E-state index is 12.2. The van der Waals surface area contributed by atoms with Gasteiger partial charge < -0.3 is 11.1 Å². The van der Waals surface area contributed by atoms with Crippen LogP contribution in [0.25, 0.3) is 0 Å². The summed E-state index contributed by atoms with van der Waals surface area (Å²) in [6, 6.07) is 6.17. The second-order valence-electron chi connectivity index (χ2n) is 5.99. The van der Waals surface area contributed by atoms with Crippen molar-refractivity contribution in [3.63, 3.8) is 0 Å². The molecule has 1 saturated carbocycles. The van der Waals surface area contributed by atoms with Crippen LogP contribution in [-0.2, 0) is 0 Å². The Bertz CT molecular complexity index is 479. The maximum Gasteiger partial charge on any atom is 0.251 e. The van der Waals surface area contributed by atoms with Crippen LogP contribution in [0.4, 0.5) is 0 Å². The van der Waals surface area contributed by atoms with Crippen molar-refractivity contribution in [2.24, 2.45) is 11.1 Å². The summed E-state index contributed by atoms with van der Waals surface area (Å²) in [5.41, 5.74) is 9.03. The van der Waals surface area contributed by atoms with Gasteiger partial charge in [-0.15, -0.1) is 0 Å². The third-order valence-corrected chi connectivity index (χ3v) is 4.42. The highest BCUT2D eigenvalue weighted by Gasteiger charge is 2.46. The zero-order chi connectivity index (χ0) is 13.5. The van der Waals surface area contributed by atoms with Gasteiger partial charge in [0.05, 0.1) is 0 Å². The molecule has 2 atom stereocenters. The van der Waals surface area contributed by atoms with Gasteiger partial charge in [0, 0.05) is 23.1 Å². The normalized spacial score (nSPS) is 25.4. The molecule has 18 heavy (non-hydrogen) atoms. The molecule has 2 rings (SSSR count). The molecule has 0 heterocycles. The summed E-state index contributed by atoms with van der Waals surface area (Å²) < 4.78 is 0. The Labute approximate surface area is 109 Å². The Balaban J connectivity index is 2.07. The molecule has 0 aliphatic heterocycles. The van der Waals surface area contributed by atoms with Gasteiger partial charge >= 0.3 is 0 Å². The van der Waals surface area contributed by atoms with E-state index in [1.165, 1.54) is 5.56 Å². The first-order valence-corrected chi connectivity index (χ1v) is 6.46. The molecule has 98 valence electrons. The van der Waals surface area contributed by atoms with Gasteiger partial charge in [-0.1, -0.05) is 19.9 Å². The Hall–Kier alpha value is -1.35. The zero-order valence-electron chi connectivity index (χ0n) is 11.6. The van der Waals surface area contributed by atoms with Crippen molar-refractivity contribution in [3.05, 3.63) is 34.9 Å². The van der Waals surface area contributed by atoms with Crippen molar-refractivity contribution >= 4 is 5.91 Å². The SMILES string of the molecule is Cc1ccc(C(=O)NC2CC(N)C2(C)C)cc1C. The van der Waals surface area contributed by atoms with E-state index in [0.29, 0.717) is 0 Å². The highest BCUT2D eigenvalue weighted by molar-refractivity contribution is 5.94. The van der Waals surface area contributed by atoms with Gasteiger partial charge in [0.1, 0.15) is 0 Å². The molecule has 1 aliphatic carbocycles. The third kappa shape index (κ3) is 2.15. The lowest BCUT2D eigenvalue weighted by Crippen LogP contribution is -2.64. The molecule has 1 amide bonds. The summed E-state index contributed by atoms with van der Waals surface area (Å²) in [7, 11) is 0. The number of nitrogens with one attached hydrogen (secondary N) is 1. The van der Waals surface area contributed by atoms with Crippen LogP contribution in [-0.4, -0.2) is 18.0 Å². The summed E-state index contributed by atoms with van der Waals surface area (Å²) in [6.45, 7) is 8.28. The van der Waals surface area contributed by atoms with Gasteiger partial charge in [-0.3, -0.25) is 4.79 Å². The Kier molecular flexibility index (Phi) is 3.20. The predicted molar refractivity (Wildman–Crippen MR) is 73.5 cm³/mol. The summed E-state index contributed by atoms with van der Waals surface area (Å²) >= 11 is 0. The lowest BCUT2D eigenvalue weighted by atomic mass is 9.63. The van der Waals surface area contributed by atoms with Gasteiger partial charge in [-0.25, -0.2) is 0 Å². The van der Waals surface area contributed by atoms with Crippen molar-refractivity contribution in [1.82, 2.24) is 5.32 Å².